The Balaban J connectivity index is 2.04. The molecule has 2 aromatic rings. The van der Waals surface area contributed by atoms with Crippen molar-refractivity contribution in [3.8, 4) is 0 Å². The van der Waals surface area contributed by atoms with Crippen molar-refractivity contribution in [1.82, 2.24) is 0 Å². The van der Waals surface area contributed by atoms with E-state index < -0.39 is 17.0 Å². The number of benzene rings is 2. The number of allylic oxidation sites excluding steroid dienone is 2. The fourth-order valence-electron chi connectivity index (χ4n) is 3.07. The zero-order chi connectivity index (χ0) is 18.0. The minimum atomic E-state index is -1.34. The molecule has 1 aliphatic carbocycles. The molecule has 0 fully saturated rings. The smallest absolute Gasteiger partial charge is 0.188 e. The molecule has 0 aliphatic heterocycles. The van der Waals surface area contributed by atoms with E-state index in [1.54, 1.807) is 6.07 Å². The van der Waals surface area contributed by atoms with E-state index in [-0.39, 0.29) is 4.90 Å². The summed E-state index contributed by atoms with van der Waals surface area (Å²) in [6, 6.07) is 11.2. The Morgan fingerprint density at radius 1 is 1.24 bits per heavy atom. The topological polar surface area (TPSA) is 58.3 Å². The van der Waals surface area contributed by atoms with Gasteiger partial charge in [-0.2, -0.15) is 0 Å². The summed E-state index contributed by atoms with van der Waals surface area (Å²) in [4.78, 5) is 4.94. The molecule has 1 unspecified atom stereocenters. The molecule has 1 aliphatic rings. The molecule has 0 saturated carbocycles. The molecule has 0 bridgehead atoms. The minimum absolute atomic E-state index is 0.239. The zero-order valence-electron chi connectivity index (χ0n) is 14.2. The quantitative estimate of drug-likeness (QED) is 0.648. The molecule has 130 valence electrons. The molecule has 5 heteroatoms. The van der Waals surface area contributed by atoms with Gasteiger partial charge in [-0.15, -0.1) is 0 Å². The van der Waals surface area contributed by atoms with Gasteiger partial charge in [-0.3, -0.25) is 0 Å². The summed E-state index contributed by atoms with van der Waals surface area (Å²) in [6.07, 6.45) is 6.26. The van der Waals surface area contributed by atoms with Crippen LogP contribution < -0.4 is 5.90 Å². The van der Waals surface area contributed by atoms with E-state index in [2.05, 4.69) is 18.2 Å². The lowest BCUT2D eigenvalue weighted by molar-refractivity contribution is 0.144. The molecule has 0 spiro atoms. The van der Waals surface area contributed by atoms with Gasteiger partial charge in [0.25, 0.3) is 0 Å². The summed E-state index contributed by atoms with van der Waals surface area (Å²) in [5.41, 5.74) is 6.10. The van der Waals surface area contributed by atoms with E-state index in [0.717, 1.165) is 33.4 Å². The molecule has 1 atom stereocenters. The van der Waals surface area contributed by atoms with E-state index in [1.807, 2.05) is 25.1 Å². The maximum Gasteiger partial charge on any atom is 0.188 e. The SMILES string of the molecule is Cc1cc([S+](C)[O-])c(F)cc1/C=C1/C=C(CCON)c2ccccc21. The number of fused-ring (bicyclic) bond motifs is 1. The standard InChI is InChI=1S/C20H20FNO2S/c1-13-9-20(25(2)23)19(21)12-15(13)11-16-10-14(7-8-24-22)17-5-3-4-6-18(16)17/h3-6,9-12H,7-8,22H2,1-2H3/b16-11-. The summed E-state index contributed by atoms with van der Waals surface area (Å²) in [6.45, 7) is 2.34. The van der Waals surface area contributed by atoms with Crippen molar-refractivity contribution in [2.24, 2.45) is 5.90 Å². The van der Waals surface area contributed by atoms with Crippen LogP contribution in [0.4, 0.5) is 4.39 Å². The normalized spacial score (nSPS) is 16.0. The van der Waals surface area contributed by atoms with Gasteiger partial charge < -0.3 is 9.39 Å². The molecule has 0 aromatic heterocycles. The van der Waals surface area contributed by atoms with Gasteiger partial charge in [-0.05, 0) is 76.1 Å². The minimum Gasteiger partial charge on any atom is -0.612 e. The van der Waals surface area contributed by atoms with Crippen LogP contribution >= 0.6 is 0 Å². The predicted octanol–water partition coefficient (Wildman–Crippen LogP) is 4.09. The number of rotatable bonds is 5. The van der Waals surface area contributed by atoms with Crippen molar-refractivity contribution in [1.29, 1.82) is 0 Å². The van der Waals surface area contributed by atoms with Crippen LogP contribution in [0.2, 0.25) is 0 Å². The van der Waals surface area contributed by atoms with E-state index in [4.69, 9.17) is 10.7 Å². The third-order valence-corrected chi connectivity index (χ3v) is 5.28. The number of nitrogens with two attached hydrogens (primary N) is 1. The van der Waals surface area contributed by atoms with Crippen molar-refractivity contribution in [3.63, 3.8) is 0 Å². The molecular weight excluding hydrogens is 337 g/mol. The Bertz CT molecular complexity index is 859. The molecular formula is C20H20FNO2S. The highest BCUT2D eigenvalue weighted by atomic mass is 32.2. The van der Waals surface area contributed by atoms with Gasteiger partial charge in [-0.1, -0.05) is 30.3 Å². The molecule has 0 amide bonds. The first-order chi connectivity index (χ1) is 12.0. The van der Waals surface area contributed by atoms with Crippen molar-refractivity contribution in [2.45, 2.75) is 18.2 Å². The van der Waals surface area contributed by atoms with Crippen molar-refractivity contribution in [2.75, 3.05) is 12.9 Å². The second-order valence-corrected chi connectivity index (χ2v) is 7.38. The van der Waals surface area contributed by atoms with Crippen molar-refractivity contribution < 1.29 is 13.8 Å². The van der Waals surface area contributed by atoms with Crippen LogP contribution in [-0.2, 0) is 16.0 Å². The molecule has 2 N–H and O–H groups in total. The predicted molar refractivity (Wildman–Crippen MR) is 101 cm³/mol. The molecule has 2 aromatic carbocycles. The Hall–Kier alpha value is -1.92. The Morgan fingerprint density at radius 3 is 2.64 bits per heavy atom. The Morgan fingerprint density at radius 2 is 1.96 bits per heavy atom. The lowest BCUT2D eigenvalue weighted by atomic mass is 10.0. The van der Waals surface area contributed by atoms with E-state index >= 15 is 0 Å². The lowest BCUT2D eigenvalue weighted by Crippen LogP contribution is -2.02. The highest BCUT2D eigenvalue weighted by Crippen LogP contribution is 2.38. The highest BCUT2D eigenvalue weighted by molar-refractivity contribution is 7.90. The summed E-state index contributed by atoms with van der Waals surface area (Å²) < 4.78 is 25.8. The van der Waals surface area contributed by atoms with Gasteiger partial charge >= 0.3 is 0 Å². The Kier molecular flexibility index (Phi) is 5.39. The third kappa shape index (κ3) is 3.70. The maximum absolute atomic E-state index is 14.2. The summed E-state index contributed by atoms with van der Waals surface area (Å²) in [5.74, 6) is 4.71. The monoisotopic (exact) mass is 357 g/mol. The number of hydrogen-bond donors (Lipinski definition) is 1. The summed E-state index contributed by atoms with van der Waals surface area (Å²) in [7, 11) is 0. The highest BCUT2D eigenvalue weighted by Gasteiger charge is 2.19. The molecule has 3 nitrogen and oxygen atoms in total. The van der Waals surface area contributed by atoms with Gasteiger partial charge in [0.1, 0.15) is 6.26 Å². The lowest BCUT2D eigenvalue weighted by Gasteiger charge is -2.09. The van der Waals surface area contributed by atoms with Crippen LogP contribution in [0, 0.1) is 12.7 Å². The maximum atomic E-state index is 14.2. The van der Waals surface area contributed by atoms with Crippen LogP contribution in [-0.4, -0.2) is 17.4 Å². The average molecular weight is 357 g/mol. The first kappa shape index (κ1) is 17.9. The number of hydrogen-bond acceptors (Lipinski definition) is 3. The number of halogens is 1. The molecule has 0 radical (unpaired) electrons. The number of aryl methyl sites for hydroxylation is 1. The first-order valence-corrected chi connectivity index (χ1v) is 9.54. The molecule has 0 heterocycles. The van der Waals surface area contributed by atoms with E-state index in [1.165, 1.54) is 12.3 Å². The van der Waals surface area contributed by atoms with Crippen LogP contribution in [0.5, 0.6) is 0 Å². The average Bonchev–Trinajstić information content (AvgIpc) is 2.93. The fraction of sp³-hybridized carbons (Fsp3) is 0.200. The van der Waals surface area contributed by atoms with Gasteiger partial charge in [-0.25, -0.2) is 10.3 Å². The summed E-state index contributed by atoms with van der Waals surface area (Å²) >= 11 is -1.34. The fourth-order valence-corrected chi connectivity index (χ4v) is 3.74. The van der Waals surface area contributed by atoms with Gasteiger partial charge in [0.15, 0.2) is 10.7 Å². The van der Waals surface area contributed by atoms with Crippen LogP contribution in [0.1, 0.15) is 28.7 Å². The summed E-state index contributed by atoms with van der Waals surface area (Å²) in [5, 5.41) is 0. The third-order valence-electron chi connectivity index (χ3n) is 4.34. The first-order valence-electron chi connectivity index (χ1n) is 7.98. The van der Waals surface area contributed by atoms with E-state index in [9.17, 15) is 8.94 Å². The van der Waals surface area contributed by atoms with Crippen LogP contribution in [0.3, 0.4) is 0 Å². The second kappa shape index (κ2) is 7.54. The molecule has 25 heavy (non-hydrogen) atoms. The zero-order valence-corrected chi connectivity index (χ0v) is 15.0. The van der Waals surface area contributed by atoms with Gasteiger partial charge in [0, 0.05) is 0 Å². The van der Waals surface area contributed by atoms with E-state index in [0.29, 0.717) is 13.0 Å². The Labute approximate surface area is 150 Å². The van der Waals surface area contributed by atoms with Crippen molar-refractivity contribution in [3.05, 3.63) is 70.5 Å². The van der Waals surface area contributed by atoms with Crippen LogP contribution in [0.25, 0.3) is 17.2 Å². The largest absolute Gasteiger partial charge is 0.612 e. The second-order valence-electron chi connectivity index (χ2n) is 6.03. The molecule has 3 rings (SSSR count). The van der Waals surface area contributed by atoms with Crippen LogP contribution in [0.15, 0.2) is 47.4 Å². The molecule has 0 saturated heterocycles. The van der Waals surface area contributed by atoms with Crippen molar-refractivity contribution >= 4 is 28.4 Å². The van der Waals surface area contributed by atoms with Gasteiger partial charge in [0.05, 0.1) is 6.61 Å². The van der Waals surface area contributed by atoms with Gasteiger partial charge in [0.2, 0.25) is 0 Å².